The van der Waals surface area contributed by atoms with Gasteiger partial charge in [0.15, 0.2) is 0 Å². The molecular formula is C13H19FN2O. The number of ether oxygens (including phenoxy) is 1. The second-order valence-corrected chi connectivity index (χ2v) is 5.08. The molecule has 17 heavy (non-hydrogen) atoms. The van der Waals surface area contributed by atoms with Crippen LogP contribution in [0.25, 0.3) is 0 Å². The summed E-state index contributed by atoms with van der Waals surface area (Å²) in [7, 11) is 1.56. The van der Waals surface area contributed by atoms with Crippen molar-refractivity contribution in [3.8, 4) is 5.75 Å². The van der Waals surface area contributed by atoms with E-state index in [4.69, 9.17) is 4.74 Å². The molecule has 1 aromatic carbocycles. The first-order valence-electron chi connectivity index (χ1n) is 5.85. The van der Waals surface area contributed by atoms with Crippen LogP contribution < -0.4 is 15.0 Å². The number of benzene rings is 1. The molecule has 4 heteroatoms. The fraction of sp³-hybridized carbons (Fsp3) is 0.538. The van der Waals surface area contributed by atoms with E-state index in [-0.39, 0.29) is 11.4 Å². The van der Waals surface area contributed by atoms with Crippen LogP contribution in [0.15, 0.2) is 18.2 Å². The summed E-state index contributed by atoms with van der Waals surface area (Å²) in [5.41, 5.74) is 0.939. The first-order chi connectivity index (χ1) is 8.00. The monoisotopic (exact) mass is 238 g/mol. The van der Waals surface area contributed by atoms with Crippen LogP contribution in [0.5, 0.6) is 5.75 Å². The Hall–Kier alpha value is -1.29. The molecule has 1 N–H and O–H groups in total. The van der Waals surface area contributed by atoms with Gasteiger partial charge < -0.3 is 15.0 Å². The molecule has 1 heterocycles. The molecule has 1 aliphatic rings. The molecule has 0 saturated carbocycles. The maximum Gasteiger partial charge on any atom is 0.128 e. The zero-order valence-electron chi connectivity index (χ0n) is 10.6. The minimum absolute atomic E-state index is 0.0534. The lowest BCUT2D eigenvalue weighted by molar-refractivity contribution is 0.352. The number of hydrogen-bond acceptors (Lipinski definition) is 3. The minimum Gasteiger partial charge on any atom is -0.497 e. The average Bonchev–Trinajstić information content (AvgIpc) is 2.27. The van der Waals surface area contributed by atoms with Gasteiger partial charge in [0.1, 0.15) is 11.6 Å². The summed E-state index contributed by atoms with van der Waals surface area (Å²) in [6.07, 6.45) is 0. The predicted octanol–water partition coefficient (Wildman–Crippen LogP) is 2.02. The van der Waals surface area contributed by atoms with E-state index in [1.54, 1.807) is 13.2 Å². The second kappa shape index (κ2) is 4.53. The van der Waals surface area contributed by atoms with Crippen molar-refractivity contribution >= 4 is 5.69 Å². The largest absolute Gasteiger partial charge is 0.497 e. The molecule has 1 saturated heterocycles. The maximum absolute atomic E-state index is 13.4. The van der Waals surface area contributed by atoms with Crippen LogP contribution in [0, 0.1) is 5.82 Å². The summed E-state index contributed by atoms with van der Waals surface area (Å²) in [4.78, 5) is 2.18. The molecule has 2 rings (SSSR count). The lowest BCUT2D eigenvalue weighted by atomic mass is 10.0. The van der Waals surface area contributed by atoms with E-state index < -0.39 is 0 Å². The molecule has 0 amide bonds. The molecule has 0 aromatic heterocycles. The fourth-order valence-corrected chi connectivity index (χ4v) is 2.21. The number of methoxy groups -OCH3 is 1. The number of rotatable bonds is 2. The van der Waals surface area contributed by atoms with Gasteiger partial charge in [0, 0.05) is 43.0 Å². The zero-order chi connectivity index (χ0) is 12.5. The van der Waals surface area contributed by atoms with E-state index in [9.17, 15) is 4.39 Å². The first kappa shape index (κ1) is 12.2. The summed E-state index contributed by atoms with van der Waals surface area (Å²) in [6.45, 7) is 6.95. The molecular weight excluding hydrogens is 219 g/mol. The van der Waals surface area contributed by atoms with Crippen molar-refractivity contribution in [1.82, 2.24) is 5.32 Å². The van der Waals surface area contributed by atoms with E-state index in [0.29, 0.717) is 5.75 Å². The number of hydrogen-bond donors (Lipinski definition) is 1. The van der Waals surface area contributed by atoms with E-state index in [0.717, 1.165) is 25.3 Å². The molecule has 0 atom stereocenters. The number of anilines is 1. The number of piperazine rings is 1. The van der Waals surface area contributed by atoms with Crippen molar-refractivity contribution in [3.05, 3.63) is 24.0 Å². The highest BCUT2D eigenvalue weighted by Crippen LogP contribution is 2.25. The molecule has 0 bridgehead atoms. The Labute approximate surface area is 102 Å². The van der Waals surface area contributed by atoms with Crippen molar-refractivity contribution in [2.75, 3.05) is 31.6 Å². The smallest absolute Gasteiger partial charge is 0.128 e. The van der Waals surface area contributed by atoms with Gasteiger partial charge in [-0.05, 0) is 19.9 Å². The summed E-state index contributed by atoms with van der Waals surface area (Å²) in [5, 5.41) is 3.43. The van der Waals surface area contributed by atoms with Gasteiger partial charge >= 0.3 is 0 Å². The standard InChI is InChI=1S/C13H19FN2O/c1-13(2)9-16(5-4-15-13)11-6-10(14)7-12(8-11)17-3/h6-8,15H,4-5,9H2,1-3H3. The van der Waals surface area contributed by atoms with Crippen LogP contribution in [0.3, 0.4) is 0 Å². The number of halogens is 1. The Kier molecular flexibility index (Phi) is 3.24. The third-order valence-corrected chi connectivity index (χ3v) is 3.03. The van der Waals surface area contributed by atoms with Gasteiger partial charge in [-0.25, -0.2) is 4.39 Å². The predicted molar refractivity (Wildman–Crippen MR) is 67.2 cm³/mol. The SMILES string of the molecule is COc1cc(F)cc(N2CCNC(C)(C)C2)c1. The Balaban J connectivity index is 2.24. The van der Waals surface area contributed by atoms with Crippen LogP contribution in [-0.4, -0.2) is 32.3 Å². The number of nitrogens with zero attached hydrogens (tertiary/aromatic N) is 1. The summed E-state index contributed by atoms with van der Waals surface area (Å²) in [6, 6.07) is 4.84. The highest BCUT2D eigenvalue weighted by atomic mass is 19.1. The summed E-state index contributed by atoms with van der Waals surface area (Å²) in [5.74, 6) is 0.312. The lowest BCUT2D eigenvalue weighted by Crippen LogP contribution is -2.57. The molecule has 94 valence electrons. The summed E-state index contributed by atoms with van der Waals surface area (Å²) < 4.78 is 18.5. The summed E-state index contributed by atoms with van der Waals surface area (Å²) >= 11 is 0. The Morgan fingerprint density at radius 2 is 2.12 bits per heavy atom. The zero-order valence-corrected chi connectivity index (χ0v) is 10.6. The van der Waals surface area contributed by atoms with Crippen molar-refractivity contribution in [2.45, 2.75) is 19.4 Å². The van der Waals surface area contributed by atoms with Crippen molar-refractivity contribution < 1.29 is 9.13 Å². The quantitative estimate of drug-likeness (QED) is 0.853. The first-order valence-corrected chi connectivity index (χ1v) is 5.85. The van der Waals surface area contributed by atoms with E-state index >= 15 is 0 Å². The van der Waals surface area contributed by atoms with Gasteiger partial charge in [0.25, 0.3) is 0 Å². The van der Waals surface area contributed by atoms with Gasteiger partial charge in [-0.15, -0.1) is 0 Å². The van der Waals surface area contributed by atoms with Crippen LogP contribution in [0.2, 0.25) is 0 Å². The van der Waals surface area contributed by atoms with Crippen LogP contribution >= 0.6 is 0 Å². The van der Waals surface area contributed by atoms with Gasteiger partial charge in [-0.3, -0.25) is 0 Å². The van der Waals surface area contributed by atoms with Gasteiger partial charge in [0.05, 0.1) is 7.11 Å². The van der Waals surface area contributed by atoms with Crippen molar-refractivity contribution in [1.29, 1.82) is 0 Å². The lowest BCUT2D eigenvalue weighted by Gasteiger charge is -2.40. The van der Waals surface area contributed by atoms with Crippen LogP contribution in [-0.2, 0) is 0 Å². The van der Waals surface area contributed by atoms with E-state index in [1.807, 2.05) is 6.07 Å². The van der Waals surface area contributed by atoms with Crippen LogP contribution in [0.4, 0.5) is 10.1 Å². The van der Waals surface area contributed by atoms with Gasteiger partial charge in [-0.2, -0.15) is 0 Å². The van der Waals surface area contributed by atoms with Crippen molar-refractivity contribution in [3.63, 3.8) is 0 Å². The minimum atomic E-state index is -0.254. The topological polar surface area (TPSA) is 24.5 Å². The molecule has 0 radical (unpaired) electrons. The molecule has 0 aliphatic carbocycles. The number of nitrogens with one attached hydrogen (secondary N) is 1. The van der Waals surface area contributed by atoms with Crippen LogP contribution in [0.1, 0.15) is 13.8 Å². The molecule has 0 unspecified atom stereocenters. The normalized spacial score (nSPS) is 19.2. The molecule has 1 fully saturated rings. The Morgan fingerprint density at radius 3 is 2.76 bits per heavy atom. The van der Waals surface area contributed by atoms with E-state index in [1.165, 1.54) is 6.07 Å². The van der Waals surface area contributed by atoms with Gasteiger partial charge in [-0.1, -0.05) is 0 Å². The Morgan fingerprint density at radius 1 is 1.35 bits per heavy atom. The fourth-order valence-electron chi connectivity index (χ4n) is 2.21. The average molecular weight is 238 g/mol. The second-order valence-electron chi connectivity index (χ2n) is 5.08. The molecule has 1 aromatic rings. The van der Waals surface area contributed by atoms with Crippen molar-refractivity contribution in [2.24, 2.45) is 0 Å². The molecule has 1 aliphatic heterocycles. The highest BCUT2D eigenvalue weighted by Gasteiger charge is 2.26. The van der Waals surface area contributed by atoms with Gasteiger partial charge in [0.2, 0.25) is 0 Å². The third-order valence-electron chi connectivity index (χ3n) is 3.03. The maximum atomic E-state index is 13.4. The van der Waals surface area contributed by atoms with E-state index in [2.05, 4.69) is 24.1 Å². The molecule has 0 spiro atoms. The third kappa shape index (κ3) is 2.88. The molecule has 3 nitrogen and oxygen atoms in total. The highest BCUT2D eigenvalue weighted by molar-refractivity contribution is 5.52. The Bertz CT molecular complexity index is 406.